The van der Waals surface area contributed by atoms with E-state index in [0.717, 1.165) is 15.6 Å². The molecule has 0 saturated carbocycles. The number of anilines is 1. The first-order chi connectivity index (χ1) is 11.3. The van der Waals surface area contributed by atoms with Crippen LogP contribution in [0.1, 0.15) is 28.4 Å². The monoisotopic (exact) mass is 391 g/mol. The number of ether oxygens (including phenoxy) is 1. The molecule has 0 aliphatic carbocycles. The predicted octanol–water partition coefficient (Wildman–Crippen LogP) is 4.17. The molecule has 0 fully saturated rings. The van der Waals surface area contributed by atoms with Crippen LogP contribution in [-0.2, 0) is 4.79 Å². The Bertz CT molecular complexity index is 748. The topological polar surface area (TPSA) is 75.6 Å². The van der Waals surface area contributed by atoms with Gasteiger partial charge in [-0.2, -0.15) is 0 Å². The van der Waals surface area contributed by atoms with Crippen LogP contribution in [0.25, 0.3) is 0 Å². The van der Waals surface area contributed by atoms with Crippen LogP contribution >= 0.6 is 15.9 Å². The molecule has 0 bridgehead atoms. The highest BCUT2D eigenvalue weighted by molar-refractivity contribution is 9.10. The zero-order valence-electron chi connectivity index (χ0n) is 13.6. The number of carboxylic acid groups (broad SMARTS) is 1. The van der Waals surface area contributed by atoms with Gasteiger partial charge in [-0.3, -0.25) is 4.79 Å². The van der Waals surface area contributed by atoms with Gasteiger partial charge in [-0.05, 0) is 68.3 Å². The Labute approximate surface area is 148 Å². The molecule has 6 heteroatoms. The molecule has 0 aliphatic heterocycles. The lowest BCUT2D eigenvalue weighted by atomic mass is 10.1. The van der Waals surface area contributed by atoms with Gasteiger partial charge in [-0.15, -0.1) is 0 Å². The molecule has 1 atom stereocenters. The molecule has 0 radical (unpaired) electrons. The van der Waals surface area contributed by atoms with E-state index in [0.29, 0.717) is 11.4 Å². The second-order valence-electron chi connectivity index (χ2n) is 5.50. The number of halogens is 1. The van der Waals surface area contributed by atoms with E-state index in [1.165, 1.54) is 12.1 Å². The highest BCUT2D eigenvalue weighted by Crippen LogP contribution is 2.28. The molecular weight excluding hydrogens is 374 g/mol. The summed E-state index contributed by atoms with van der Waals surface area (Å²) in [5.41, 5.74) is 2.56. The van der Waals surface area contributed by atoms with Gasteiger partial charge in [0.1, 0.15) is 5.75 Å². The molecule has 2 rings (SSSR count). The van der Waals surface area contributed by atoms with Crippen molar-refractivity contribution >= 4 is 33.5 Å². The maximum absolute atomic E-state index is 12.3. The number of carbonyl (C=O) groups excluding carboxylic acids is 1. The number of benzene rings is 2. The van der Waals surface area contributed by atoms with Crippen LogP contribution in [-0.4, -0.2) is 23.1 Å². The zero-order chi connectivity index (χ0) is 17.9. The summed E-state index contributed by atoms with van der Waals surface area (Å²) >= 11 is 3.43. The molecular formula is C18H18BrNO4. The molecule has 2 aromatic rings. The summed E-state index contributed by atoms with van der Waals surface area (Å²) in [6.07, 6.45) is -0.692. The standard InChI is InChI=1S/C18H18BrNO4/c1-10-8-14(19)9-11(2)16(10)24-12(3)17(21)20-15-6-4-13(5-7-15)18(22)23/h4-9,12H,1-3H3,(H,20,21)(H,22,23). The van der Waals surface area contributed by atoms with Gasteiger partial charge < -0.3 is 15.2 Å². The van der Waals surface area contributed by atoms with E-state index in [2.05, 4.69) is 21.2 Å². The number of aryl methyl sites for hydroxylation is 2. The fourth-order valence-corrected chi connectivity index (χ4v) is 2.94. The van der Waals surface area contributed by atoms with Crippen LogP contribution in [0.5, 0.6) is 5.75 Å². The van der Waals surface area contributed by atoms with Gasteiger partial charge in [-0.1, -0.05) is 15.9 Å². The van der Waals surface area contributed by atoms with E-state index in [9.17, 15) is 9.59 Å². The Kier molecular flexibility index (Phi) is 5.62. The van der Waals surface area contributed by atoms with Crippen molar-refractivity contribution in [3.05, 3.63) is 57.6 Å². The summed E-state index contributed by atoms with van der Waals surface area (Å²) in [4.78, 5) is 23.1. The van der Waals surface area contributed by atoms with E-state index in [1.54, 1.807) is 19.1 Å². The lowest BCUT2D eigenvalue weighted by Gasteiger charge is -2.18. The molecule has 0 aromatic heterocycles. The van der Waals surface area contributed by atoms with E-state index >= 15 is 0 Å². The third-order valence-corrected chi connectivity index (χ3v) is 3.95. The second kappa shape index (κ2) is 7.49. The molecule has 1 unspecified atom stereocenters. The summed E-state index contributed by atoms with van der Waals surface area (Å²) in [6, 6.07) is 9.82. The van der Waals surface area contributed by atoms with Crippen molar-refractivity contribution in [3.63, 3.8) is 0 Å². The van der Waals surface area contributed by atoms with E-state index in [1.807, 2.05) is 26.0 Å². The van der Waals surface area contributed by atoms with Gasteiger partial charge in [0.05, 0.1) is 5.56 Å². The second-order valence-corrected chi connectivity index (χ2v) is 6.42. The molecule has 126 valence electrons. The first kappa shape index (κ1) is 18.0. The zero-order valence-corrected chi connectivity index (χ0v) is 15.2. The van der Waals surface area contributed by atoms with Crippen molar-refractivity contribution in [2.75, 3.05) is 5.32 Å². The lowest BCUT2D eigenvalue weighted by molar-refractivity contribution is -0.122. The summed E-state index contributed by atoms with van der Waals surface area (Å²) in [6.45, 7) is 5.51. The van der Waals surface area contributed by atoms with Crippen LogP contribution in [0, 0.1) is 13.8 Å². The van der Waals surface area contributed by atoms with Gasteiger partial charge in [0.15, 0.2) is 6.10 Å². The van der Waals surface area contributed by atoms with Crippen LogP contribution in [0.15, 0.2) is 40.9 Å². The summed E-state index contributed by atoms with van der Waals surface area (Å²) < 4.78 is 6.76. The Morgan fingerprint density at radius 3 is 2.17 bits per heavy atom. The van der Waals surface area contributed by atoms with Crippen molar-refractivity contribution in [2.45, 2.75) is 26.9 Å². The highest BCUT2D eigenvalue weighted by atomic mass is 79.9. The van der Waals surface area contributed by atoms with Crippen molar-refractivity contribution < 1.29 is 19.4 Å². The van der Waals surface area contributed by atoms with Crippen molar-refractivity contribution in [1.82, 2.24) is 0 Å². The highest BCUT2D eigenvalue weighted by Gasteiger charge is 2.17. The Morgan fingerprint density at radius 1 is 1.12 bits per heavy atom. The third kappa shape index (κ3) is 4.35. The number of rotatable bonds is 5. The van der Waals surface area contributed by atoms with Crippen molar-refractivity contribution in [3.8, 4) is 5.75 Å². The molecule has 0 saturated heterocycles. The van der Waals surface area contributed by atoms with Gasteiger partial charge in [0.2, 0.25) is 0 Å². The number of hydrogen-bond donors (Lipinski definition) is 2. The minimum atomic E-state index is -1.01. The maximum Gasteiger partial charge on any atom is 0.335 e. The van der Waals surface area contributed by atoms with Gasteiger partial charge in [0, 0.05) is 10.2 Å². The number of nitrogens with one attached hydrogen (secondary N) is 1. The first-order valence-electron chi connectivity index (χ1n) is 7.35. The maximum atomic E-state index is 12.3. The Morgan fingerprint density at radius 2 is 1.67 bits per heavy atom. The molecule has 24 heavy (non-hydrogen) atoms. The molecule has 0 aliphatic rings. The third-order valence-electron chi connectivity index (χ3n) is 3.49. The van der Waals surface area contributed by atoms with Crippen molar-refractivity contribution in [1.29, 1.82) is 0 Å². The average Bonchev–Trinajstić information content (AvgIpc) is 2.51. The van der Waals surface area contributed by atoms with Crippen LogP contribution in [0.3, 0.4) is 0 Å². The van der Waals surface area contributed by atoms with Crippen LogP contribution in [0.4, 0.5) is 5.69 Å². The Balaban J connectivity index is 2.06. The molecule has 2 N–H and O–H groups in total. The number of aromatic carboxylic acids is 1. The average molecular weight is 392 g/mol. The minimum Gasteiger partial charge on any atom is -0.480 e. The molecule has 5 nitrogen and oxygen atoms in total. The SMILES string of the molecule is Cc1cc(Br)cc(C)c1OC(C)C(=O)Nc1ccc(C(=O)O)cc1. The number of amides is 1. The van der Waals surface area contributed by atoms with Gasteiger partial charge in [-0.25, -0.2) is 4.79 Å². The quantitative estimate of drug-likeness (QED) is 0.801. The summed E-state index contributed by atoms with van der Waals surface area (Å²) in [7, 11) is 0. The molecule has 2 aromatic carbocycles. The predicted molar refractivity (Wildman–Crippen MR) is 95.7 cm³/mol. The van der Waals surface area contributed by atoms with Crippen LogP contribution < -0.4 is 10.1 Å². The Hall–Kier alpha value is -2.34. The molecule has 0 heterocycles. The minimum absolute atomic E-state index is 0.165. The van der Waals surface area contributed by atoms with E-state index < -0.39 is 12.1 Å². The first-order valence-corrected chi connectivity index (χ1v) is 8.15. The summed E-state index contributed by atoms with van der Waals surface area (Å²) in [5, 5.41) is 11.6. The molecule has 0 spiro atoms. The normalized spacial score (nSPS) is 11.7. The fraction of sp³-hybridized carbons (Fsp3) is 0.222. The smallest absolute Gasteiger partial charge is 0.335 e. The van der Waals surface area contributed by atoms with Gasteiger partial charge >= 0.3 is 5.97 Å². The lowest BCUT2D eigenvalue weighted by Crippen LogP contribution is -2.30. The number of carboxylic acids is 1. The van der Waals surface area contributed by atoms with E-state index in [-0.39, 0.29) is 11.5 Å². The molecule has 1 amide bonds. The van der Waals surface area contributed by atoms with Gasteiger partial charge in [0.25, 0.3) is 5.91 Å². The van der Waals surface area contributed by atoms with Crippen molar-refractivity contribution in [2.24, 2.45) is 0 Å². The van der Waals surface area contributed by atoms with E-state index in [4.69, 9.17) is 9.84 Å². The largest absolute Gasteiger partial charge is 0.480 e. The number of carbonyl (C=O) groups is 2. The summed E-state index contributed by atoms with van der Waals surface area (Å²) in [5.74, 6) is -0.632. The fourth-order valence-electron chi connectivity index (χ4n) is 2.25. The number of hydrogen-bond acceptors (Lipinski definition) is 3. The van der Waals surface area contributed by atoms with Crippen LogP contribution in [0.2, 0.25) is 0 Å².